The van der Waals surface area contributed by atoms with Crippen LogP contribution in [0.25, 0.3) is 0 Å². The summed E-state index contributed by atoms with van der Waals surface area (Å²) in [6.45, 7) is 4.45. The molecule has 19 heavy (non-hydrogen) atoms. The second-order valence-electron chi connectivity index (χ2n) is 5.73. The van der Waals surface area contributed by atoms with Crippen molar-refractivity contribution in [2.75, 3.05) is 5.32 Å². The Balaban J connectivity index is 2.19. The predicted molar refractivity (Wildman–Crippen MR) is 74.1 cm³/mol. The summed E-state index contributed by atoms with van der Waals surface area (Å²) >= 11 is 0. The molecule has 1 fully saturated rings. The average Bonchev–Trinajstić information content (AvgIpc) is 2.72. The van der Waals surface area contributed by atoms with Crippen molar-refractivity contribution in [2.45, 2.75) is 45.6 Å². The van der Waals surface area contributed by atoms with Crippen molar-refractivity contribution in [2.24, 2.45) is 18.9 Å². The second-order valence-corrected chi connectivity index (χ2v) is 5.73. The predicted octanol–water partition coefficient (Wildman–Crippen LogP) is 2.96. The summed E-state index contributed by atoms with van der Waals surface area (Å²) in [5.41, 5.74) is 0. The van der Waals surface area contributed by atoms with Crippen molar-refractivity contribution in [3.8, 4) is 0 Å². The van der Waals surface area contributed by atoms with Crippen LogP contribution < -0.4 is 5.32 Å². The van der Waals surface area contributed by atoms with E-state index >= 15 is 0 Å². The number of hydrogen-bond acceptors (Lipinski definition) is 4. The molecule has 0 aromatic carbocycles. The minimum atomic E-state index is -0.421. The SMILES string of the molecule is CC(C)C1CCCCC1Nc1c([N+](=O)[O-])ncn1C. The van der Waals surface area contributed by atoms with E-state index in [1.165, 1.54) is 25.6 Å². The minimum absolute atomic E-state index is 0.0735. The zero-order chi connectivity index (χ0) is 14.0. The molecule has 106 valence electrons. The molecule has 2 rings (SSSR count). The highest BCUT2D eigenvalue weighted by molar-refractivity contribution is 5.52. The molecule has 6 heteroatoms. The highest BCUT2D eigenvalue weighted by Gasteiger charge is 2.30. The molecule has 0 saturated heterocycles. The van der Waals surface area contributed by atoms with Gasteiger partial charge in [-0.1, -0.05) is 26.7 Å². The zero-order valence-corrected chi connectivity index (χ0v) is 11.8. The first kappa shape index (κ1) is 13.8. The topological polar surface area (TPSA) is 73.0 Å². The Labute approximate surface area is 113 Å². The largest absolute Gasteiger partial charge is 0.406 e. The molecular weight excluding hydrogens is 244 g/mol. The maximum Gasteiger partial charge on any atom is 0.406 e. The van der Waals surface area contributed by atoms with E-state index in [0.717, 1.165) is 6.42 Å². The third-order valence-corrected chi connectivity index (χ3v) is 4.09. The van der Waals surface area contributed by atoms with Gasteiger partial charge in [-0.15, -0.1) is 0 Å². The highest BCUT2D eigenvalue weighted by atomic mass is 16.6. The van der Waals surface area contributed by atoms with E-state index in [4.69, 9.17) is 0 Å². The third kappa shape index (κ3) is 2.88. The normalized spacial score (nSPS) is 23.6. The van der Waals surface area contributed by atoms with Gasteiger partial charge in [-0.2, -0.15) is 0 Å². The van der Waals surface area contributed by atoms with E-state index in [1.54, 1.807) is 11.6 Å². The van der Waals surface area contributed by atoms with E-state index < -0.39 is 4.92 Å². The fraction of sp³-hybridized carbons (Fsp3) is 0.769. The van der Waals surface area contributed by atoms with Gasteiger partial charge in [0.15, 0.2) is 0 Å². The molecule has 0 radical (unpaired) electrons. The number of nitrogens with one attached hydrogen (secondary N) is 1. The van der Waals surface area contributed by atoms with Crippen molar-refractivity contribution in [3.63, 3.8) is 0 Å². The first-order valence-electron chi connectivity index (χ1n) is 6.93. The number of anilines is 1. The number of nitrogens with zero attached hydrogens (tertiary/aromatic N) is 3. The first-order chi connectivity index (χ1) is 9.00. The summed E-state index contributed by atoms with van der Waals surface area (Å²) in [5.74, 6) is 1.62. The second kappa shape index (κ2) is 5.59. The lowest BCUT2D eigenvalue weighted by atomic mass is 9.78. The zero-order valence-electron chi connectivity index (χ0n) is 11.8. The number of hydrogen-bond donors (Lipinski definition) is 1. The molecule has 1 heterocycles. The maximum absolute atomic E-state index is 11.0. The summed E-state index contributed by atoms with van der Waals surface area (Å²) in [7, 11) is 1.79. The molecule has 6 nitrogen and oxygen atoms in total. The lowest BCUT2D eigenvalue weighted by Crippen LogP contribution is -2.35. The van der Waals surface area contributed by atoms with Gasteiger partial charge in [0, 0.05) is 13.1 Å². The van der Waals surface area contributed by atoms with Crippen LogP contribution in [0, 0.1) is 22.0 Å². The number of imidazole rings is 1. The molecule has 1 aromatic heterocycles. The molecule has 1 aliphatic rings. The molecular formula is C13H22N4O2. The standard InChI is InChI=1S/C13H22N4O2/c1-9(2)10-6-4-5-7-11(10)15-13-12(17(18)19)14-8-16(13)3/h8-11,15H,4-7H2,1-3H3. The van der Waals surface area contributed by atoms with Crippen LogP contribution in [-0.2, 0) is 7.05 Å². The summed E-state index contributed by atoms with van der Waals surface area (Å²) < 4.78 is 1.70. The van der Waals surface area contributed by atoms with Crippen LogP contribution in [0.4, 0.5) is 11.6 Å². The monoisotopic (exact) mass is 266 g/mol. The summed E-state index contributed by atoms with van der Waals surface area (Å²) in [6.07, 6.45) is 6.21. The van der Waals surface area contributed by atoms with Crippen LogP contribution in [0.1, 0.15) is 39.5 Å². The molecule has 1 aliphatic carbocycles. The number of aryl methyl sites for hydroxylation is 1. The smallest absolute Gasteiger partial charge is 0.361 e. The lowest BCUT2D eigenvalue weighted by Gasteiger charge is -2.35. The van der Waals surface area contributed by atoms with Gasteiger partial charge in [-0.05, 0) is 34.6 Å². The van der Waals surface area contributed by atoms with E-state index in [-0.39, 0.29) is 5.82 Å². The van der Waals surface area contributed by atoms with Crippen molar-refractivity contribution in [3.05, 3.63) is 16.4 Å². The van der Waals surface area contributed by atoms with Gasteiger partial charge in [0.1, 0.15) is 0 Å². The first-order valence-corrected chi connectivity index (χ1v) is 6.93. The van der Waals surface area contributed by atoms with Crippen LogP contribution in [-0.4, -0.2) is 20.5 Å². The maximum atomic E-state index is 11.0. The van der Waals surface area contributed by atoms with E-state index in [9.17, 15) is 10.1 Å². The van der Waals surface area contributed by atoms with E-state index in [2.05, 4.69) is 24.1 Å². The van der Waals surface area contributed by atoms with Crippen molar-refractivity contribution < 1.29 is 4.92 Å². The lowest BCUT2D eigenvalue weighted by molar-refractivity contribution is -0.388. The molecule has 2 atom stereocenters. The fourth-order valence-corrected chi connectivity index (χ4v) is 3.03. The molecule has 0 aliphatic heterocycles. The van der Waals surface area contributed by atoms with Crippen molar-refractivity contribution in [1.82, 2.24) is 9.55 Å². The average molecular weight is 266 g/mol. The van der Waals surface area contributed by atoms with Crippen LogP contribution in [0.5, 0.6) is 0 Å². The molecule has 0 amide bonds. The molecule has 1 saturated carbocycles. The Morgan fingerprint density at radius 1 is 1.47 bits per heavy atom. The Hall–Kier alpha value is -1.59. The van der Waals surface area contributed by atoms with Crippen LogP contribution in [0.3, 0.4) is 0 Å². The fourth-order valence-electron chi connectivity index (χ4n) is 3.03. The molecule has 1 aromatic rings. The molecule has 0 spiro atoms. The van der Waals surface area contributed by atoms with E-state index in [0.29, 0.717) is 23.7 Å². The summed E-state index contributed by atoms with van der Waals surface area (Å²) in [4.78, 5) is 14.4. The Bertz CT molecular complexity index is 455. The van der Waals surface area contributed by atoms with Crippen molar-refractivity contribution >= 4 is 11.6 Å². The Morgan fingerprint density at radius 2 is 2.16 bits per heavy atom. The third-order valence-electron chi connectivity index (χ3n) is 4.09. The number of aromatic nitrogens is 2. The van der Waals surface area contributed by atoms with Gasteiger partial charge in [0.25, 0.3) is 0 Å². The molecule has 2 unspecified atom stereocenters. The molecule has 0 bridgehead atoms. The van der Waals surface area contributed by atoms with Gasteiger partial charge in [0.2, 0.25) is 12.1 Å². The summed E-state index contributed by atoms with van der Waals surface area (Å²) in [6, 6.07) is 0.308. The summed E-state index contributed by atoms with van der Waals surface area (Å²) in [5, 5.41) is 14.4. The van der Waals surface area contributed by atoms with Gasteiger partial charge < -0.3 is 15.4 Å². The van der Waals surface area contributed by atoms with Gasteiger partial charge >= 0.3 is 5.82 Å². The number of nitro groups is 1. The van der Waals surface area contributed by atoms with Gasteiger partial charge in [0.05, 0.1) is 0 Å². The van der Waals surface area contributed by atoms with Crippen LogP contribution >= 0.6 is 0 Å². The van der Waals surface area contributed by atoms with Crippen molar-refractivity contribution in [1.29, 1.82) is 0 Å². The van der Waals surface area contributed by atoms with Gasteiger partial charge in [-0.25, -0.2) is 0 Å². The quantitative estimate of drug-likeness (QED) is 0.671. The van der Waals surface area contributed by atoms with E-state index in [1.807, 2.05) is 0 Å². The van der Waals surface area contributed by atoms with Gasteiger partial charge in [-0.3, -0.25) is 4.57 Å². The Morgan fingerprint density at radius 3 is 2.79 bits per heavy atom. The van der Waals surface area contributed by atoms with Crippen LogP contribution in [0.2, 0.25) is 0 Å². The molecule has 1 N–H and O–H groups in total. The number of rotatable bonds is 4. The van der Waals surface area contributed by atoms with Crippen LogP contribution in [0.15, 0.2) is 6.33 Å². The minimum Gasteiger partial charge on any atom is -0.361 e. The highest BCUT2D eigenvalue weighted by Crippen LogP contribution is 2.33. The Kier molecular flexibility index (Phi) is 4.07.